The van der Waals surface area contributed by atoms with Crippen LogP contribution in [0.5, 0.6) is 11.5 Å². The standard InChI is InChI=1S/C19H29N3O4.ClH/c1-5-13(2)17(20)19(24)22-8-6-21(7-9-22)18(23)14-10-15(25-3)12-16(11-14)26-4;/h10-13,17H,5-9,20H2,1-4H3;1H. The lowest BCUT2D eigenvalue weighted by Crippen LogP contribution is -2.55. The summed E-state index contributed by atoms with van der Waals surface area (Å²) in [7, 11) is 3.10. The summed E-state index contributed by atoms with van der Waals surface area (Å²) in [6.07, 6.45) is 0.864. The van der Waals surface area contributed by atoms with E-state index in [1.165, 1.54) is 0 Å². The van der Waals surface area contributed by atoms with Gasteiger partial charge in [-0.2, -0.15) is 0 Å². The lowest BCUT2D eigenvalue weighted by molar-refractivity contribution is -0.135. The highest BCUT2D eigenvalue weighted by Crippen LogP contribution is 2.24. The normalized spacial score (nSPS) is 16.2. The van der Waals surface area contributed by atoms with Gasteiger partial charge in [0.1, 0.15) is 11.5 Å². The van der Waals surface area contributed by atoms with Crippen LogP contribution in [0.25, 0.3) is 0 Å². The Bertz CT molecular complexity index is 626. The molecule has 152 valence electrons. The van der Waals surface area contributed by atoms with E-state index in [9.17, 15) is 9.59 Å². The molecule has 0 saturated carbocycles. The number of halogens is 1. The molecule has 1 saturated heterocycles. The van der Waals surface area contributed by atoms with Crippen LogP contribution in [0.3, 0.4) is 0 Å². The molecule has 0 radical (unpaired) electrons. The summed E-state index contributed by atoms with van der Waals surface area (Å²) < 4.78 is 10.5. The largest absolute Gasteiger partial charge is 0.497 e. The second-order valence-electron chi connectivity index (χ2n) is 6.63. The van der Waals surface area contributed by atoms with Crippen molar-refractivity contribution in [2.45, 2.75) is 26.3 Å². The number of ether oxygens (including phenoxy) is 2. The zero-order chi connectivity index (χ0) is 19.3. The second kappa shape index (κ2) is 10.4. The lowest BCUT2D eigenvalue weighted by Gasteiger charge is -2.36. The molecule has 1 heterocycles. The fourth-order valence-corrected chi connectivity index (χ4v) is 2.95. The predicted octanol–water partition coefficient (Wildman–Crippen LogP) is 1.78. The van der Waals surface area contributed by atoms with Crippen molar-refractivity contribution in [3.63, 3.8) is 0 Å². The topological polar surface area (TPSA) is 85.1 Å². The first kappa shape index (κ1) is 23.0. The summed E-state index contributed by atoms with van der Waals surface area (Å²) in [5, 5.41) is 0. The average Bonchev–Trinajstić information content (AvgIpc) is 2.70. The fourth-order valence-electron chi connectivity index (χ4n) is 2.95. The van der Waals surface area contributed by atoms with Crippen molar-refractivity contribution in [2.24, 2.45) is 11.7 Å². The molecule has 0 aromatic heterocycles. The molecule has 1 aliphatic rings. The monoisotopic (exact) mass is 399 g/mol. The number of rotatable bonds is 6. The molecule has 2 unspecified atom stereocenters. The van der Waals surface area contributed by atoms with E-state index < -0.39 is 6.04 Å². The van der Waals surface area contributed by atoms with E-state index in [1.54, 1.807) is 42.2 Å². The maximum Gasteiger partial charge on any atom is 0.254 e. The van der Waals surface area contributed by atoms with Crippen molar-refractivity contribution >= 4 is 24.2 Å². The van der Waals surface area contributed by atoms with Crippen LogP contribution in [0.1, 0.15) is 30.6 Å². The highest BCUT2D eigenvalue weighted by Gasteiger charge is 2.29. The summed E-state index contributed by atoms with van der Waals surface area (Å²) in [6, 6.07) is 4.64. The molecule has 0 bridgehead atoms. The van der Waals surface area contributed by atoms with Gasteiger partial charge in [-0.3, -0.25) is 9.59 Å². The minimum Gasteiger partial charge on any atom is -0.497 e. The van der Waals surface area contributed by atoms with Crippen LogP contribution in [0.2, 0.25) is 0 Å². The van der Waals surface area contributed by atoms with Gasteiger partial charge in [-0.05, 0) is 18.1 Å². The third-order valence-electron chi connectivity index (χ3n) is 5.02. The van der Waals surface area contributed by atoms with E-state index in [1.807, 2.05) is 13.8 Å². The summed E-state index contributed by atoms with van der Waals surface area (Å²) in [5.74, 6) is 1.16. The summed E-state index contributed by atoms with van der Waals surface area (Å²) in [4.78, 5) is 28.8. The van der Waals surface area contributed by atoms with E-state index in [2.05, 4.69) is 0 Å². The molecule has 0 spiro atoms. The van der Waals surface area contributed by atoms with Crippen LogP contribution in [-0.4, -0.2) is 68.1 Å². The Kier molecular flexibility index (Phi) is 8.85. The maximum absolute atomic E-state index is 12.8. The highest BCUT2D eigenvalue weighted by atomic mass is 35.5. The fraction of sp³-hybridized carbons (Fsp3) is 0.579. The molecule has 1 aromatic rings. The Hall–Kier alpha value is -1.99. The quantitative estimate of drug-likeness (QED) is 0.788. The molecule has 1 aliphatic heterocycles. The third-order valence-corrected chi connectivity index (χ3v) is 5.02. The van der Waals surface area contributed by atoms with E-state index in [-0.39, 0.29) is 30.1 Å². The first-order valence-corrected chi connectivity index (χ1v) is 8.98. The third kappa shape index (κ3) is 5.49. The van der Waals surface area contributed by atoms with Gasteiger partial charge >= 0.3 is 0 Å². The van der Waals surface area contributed by atoms with Gasteiger partial charge in [0.25, 0.3) is 5.91 Å². The van der Waals surface area contributed by atoms with E-state index in [0.717, 1.165) is 6.42 Å². The van der Waals surface area contributed by atoms with Crippen molar-refractivity contribution < 1.29 is 19.1 Å². The molecule has 2 amide bonds. The van der Waals surface area contributed by atoms with Crippen molar-refractivity contribution in [1.29, 1.82) is 0 Å². The number of hydrogen-bond donors (Lipinski definition) is 1. The van der Waals surface area contributed by atoms with Gasteiger partial charge in [-0.1, -0.05) is 20.3 Å². The van der Waals surface area contributed by atoms with Gasteiger partial charge in [0.2, 0.25) is 5.91 Å². The molecule has 2 atom stereocenters. The molecular formula is C19H30ClN3O4. The lowest BCUT2D eigenvalue weighted by atomic mass is 9.98. The Balaban J connectivity index is 0.00000364. The number of amides is 2. The first-order chi connectivity index (χ1) is 12.4. The minimum absolute atomic E-state index is 0. The predicted molar refractivity (Wildman–Crippen MR) is 107 cm³/mol. The van der Waals surface area contributed by atoms with Crippen molar-refractivity contribution in [1.82, 2.24) is 9.80 Å². The van der Waals surface area contributed by atoms with Crippen LogP contribution in [0.15, 0.2) is 18.2 Å². The first-order valence-electron chi connectivity index (χ1n) is 8.98. The summed E-state index contributed by atoms with van der Waals surface area (Å²) in [6.45, 7) is 5.97. The molecule has 2 rings (SSSR count). The number of carbonyl (C=O) groups excluding carboxylic acids is 2. The van der Waals surface area contributed by atoms with Gasteiger partial charge in [0, 0.05) is 37.8 Å². The number of methoxy groups -OCH3 is 2. The van der Waals surface area contributed by atoms with Crippen LogP contribution >= 0.6 is 12.4 Å². The van der Waals surface area contributed by atoms with Crippen LogP contribution in [-0.2, 0) is 4.79 Å². The number of carbonyl (C=O) groups is 2. The number of nitrogens with two attached hydrogens (primary N) is 1. The van der Waals surface area contributed by atoms with E-state index in [4.69, 9.17) is 15.2 Å². The van der Waals surface area contributed by atoms with Crippen LogP contribution < -0.4 is 15.2 Å². The van der Waals surface area contributed by atoms with Gasteiger partial charge in [0.15, 0.2) is 0 Å². The van der Waals surface area contributed by atoms with Crippen molar-refractivity contribution in [3.05, 3.63) is 23.8 Å². The molecule has 7 nitrogen and oxygen atoms in total. The molecule has 2 N–H and O–H groups in total. The average molecular weight is 400 g/mol. The number of piperazine rings is 1. The Morgan fingerprint density at radius 1 is 1.04 bits per heavy atom. The number of benzene rings is 1. The van der Waals surface area contributed by atoms with Gasteiger partial charge in [-0.15, -0.1) is 12.4 Å². The molecule has 1 aromatic carbocycles. The van der Waals surface area contributed by atoms with Crippen LogP contribution in [0, 0.1) is 5.92 Å². The van der Waals surface area contributed by atoms with Crippen molar-refractivity contribution in [2.75, 3.05) is 40.4 Å². The zero-order valence-electron chi connectivity index (χ0n) is 16.4. The van der Waals surface area contributed by atoms with Gasteiger partial charge < -0.3 is 25.0 Å². The van der Waals surface area contributed by atoms with Crippen LogP contribution in [0.4, 0.5) is 0 Å². The molecule has 1 fully saturated rings. The Labute approximate surface area is 167 Å². The van der Waals surface area contributed by atoms with Crippen molar-refractivity contribution in [3.8, 4) is 11.5 Å². The second-order valence-corrected chi connectivity index (χ2v) is 6.63. The smallest absolute Gasteiger partial charge is 0.254 e. The molecule has 8 heteroatoms. The SMILES string of the molecule is CCC(C)C(N)C(=O)N1CCN(C(=O)c2cc(OC)cc(OC)c2)CC1.Cl. The van der Waals surface area contributed by atoms with E-state index in [0.29, 0.717) is 43.2 Å². The number of nitrogens with zero attached hydrogens (tertiary/aromatic N) is 2. The Morgan fingerprint density at radius 3 is 1.96 bits per heavy atom. The molecular weight excluding hydrogens is 370 g/mol. The summed E-state index contributed by atoms with van der Waals surface area (Å²) >= 11 is 0. The highest BCUT2D eigenvalue weighted by molar-refractivity contribution is 5.95. The van der Waals surface area contributed by atoms with Gasteiger partial charge in [-0.25, -0.2) is 0 Å². The molecule has 0 aliphatic carbocycles. The zero-order valence-corrected chi connectivity index (χ0v) is 17.3. The Morgan fingerprint density at radius 2 is 1.52 bits per heavy atom. The minimum atomic E-state index is -0.482. The maximum atomic E-state index is 12.8. The van der Waals surface area contributed by atoms with E-state index >= 15 is 0 Å². The van der Waals surface area contributed by atoms with Gasteiger partial charge in [0.05, 0.1) is 20.3 Å². The molecule has 27 heavy (non-hydrogen) atoms. The number of hydrogen-bond acceptors (Lipinski definition) is 5. The summed E-state index contributed by atoms with van der Waals surface area (Å²) in [5.41, 5.74) is 6.56.